The molecule has 0 atom stereocenters. The van der Waals surface area contributed by atoms with Gasteiger partial charge in [0.15, 0.2) is 0 Å². The lowest BCUT2D eigenvalue weighted by atomic mass is 10.1. The number of rotatable bonds is 6. The molecule has 0 aliphatic heterocycles. The minimum absolute atomic E-state index is 0.0777. The van der Waals surface area contributed by atoms with Crippen LogP contribution in [-0.2, 0) is 21.4 Å². The van der Waals surface area contributed by atoms with E-state index in [0.717, 1.165) is 10.9 Å². The zero-order valence-corrected chi connectivity index (χ0v) is 10.9. The Morgan fingerprint density at radius 2 is 2.19 bits per heavy atom. The molecule has 0 radical (unpaired) electrons. The summed E-state index contributed by atoms with van der Waals surface area (Å²) < 4.78 is 5.01. The second-order valence-electron chi connectivity index (χ2n) is 3.37. The Morgan fingerprint density at radius 1 is 1.44 bits per heavy atom. The topological polar surface area (TPSA) is 38.3 Å². The molecular weight excluding hydrogens is 270 g/mol. The minimum Gasteiger partial charge on any atom is -0.372 e. The maximum absolute atomic E-state index is 11.3. The Labute approximate surface area is 104 Å². The molecule has 0 aliphatic rings. The van der Waals surface area contributed by atoms with Crippen molar-refractivity contribution in [2.45, 2.75) is 18.8 Å². The molecule has 0 aliphatic carbocycles. The molecule has 0 saturated carbocycles. The summed E-state index contributed by atoms with van der Waals surface area (Å²) in [7, 11) is 0. The van der Waals surface area contributed by atoms with E-state index in [-0.39, 0.29) is 12.5 Å². The predicted octanol–water partition coefficient (Wildman–Crippen LogP) is 2.23. The van der Waals surface area contributed by atoms with Gasteiger partial charge in [0.2, 0.25) is 5.91 Å². The van der Waals surface area contributed by atoms with Crippen LogP contribution < -0.4 is 5.32 Å². The number of hydrogen-bond acceptors (Lipinski definition) is 2. The van der Waals surface area contributed by atoms with Gasteiger partial charge in [0.1, 0.15) is 6.61 Å². The minimum atomic E-state index is -0.0777. The normalized spacial score (nSPS) is 10.1. The van der Waals surface area contributed by atoms with Crippen molar-refractivity contribution < 1.29 is 9.53 Å². The van der Waals surface area contributed by atoms with Crippen LogP contribution in [0.3, 0.4) is 0 Å². The van der Waals surface area contributed by atoms with Crippen LogP contribution in [0, 0.1) is 0 Å². The Kier molecular flexibility index (Phi) is 6.11. The first-order valence-electron chi connectivity index (χ1n) is 5.24. The van der Waals surface area contributed by atoms with Gasteiger partial charge in [-0.15, -0.1) is 0 Å². The Bertz CT molecular complexity index is 342. The summed E-state index contributed by atoms with van der Waals surface area (Å²) in [5.41, 5.74) is 2.30. The highest BCUT2D eigenvalue weighted by Gasteiger charge is 2.00. The van der Waals surface area contributed by atoms with E-state index in [1.807, 2.05) is 25.1 Å². The van der Waals surface area contributed by atoms with E-state index in [1.54, 1.807) is 0 Å². The molecule has 0 saturated heterocycles. The van der Waals surface area contributed by atoms with Gasteiger partial charge in [-0.2, -0.15) is 0 Å². The van der Waals surface area contributed by atoms with Crippen molar-refractivity contribution in [1.82, 2.24) is 5.32 Å². The first-order valence-corrected chi connectivity index (χ1v) is 6.36. The van der Waals surface area contributed by atoms with Gasteiger partial charge in [-0.1, -0.05) is 40.2 Å². The van der Waals surface area contributed by atoms with Gasteiger partial charge >= 0.3 is 0 Å². The summed E-state index contributed by atoms with van der Waals surface area (Å²) in [4.78, 5) is 11.3. The van der Waals surface area contributed by atoms with Crippen LogP contribution in [0.4, 0.5) is 0 Å². The standard InChI is InChI=1S/C12H16BrNO2/c1-2-16-9-12(15)14-8-11-5-3-4-10(6-11)7-13/h3-6H,2,7-9H2,1H3,(H,14,15). The third kappa shape index (κ3) is 4.77. The van der Waals surface area contributed by atoms with Crippen LogP contribution in [0.25, 0.3) is 0 Å². The Balaban J connectivity index is 2.38. The van der Waals surface area contributed by atoms with E-state index in [2.05, 4.69) is 27.3 Å². The third-order valence-corrected chi connectivity index (χ3v) is 2.72. The molecule has 1 aromatic rings. The zero-order chi connectivity index (χ0) is 11.8. The van der Waals surface area contributed by atoms with Gasteiger partial charge in [-0.3, -0.25) is 4.79 Å². The van der Waals surface area contributed by atoms with Gasteiger partial charge < -0.3 is 10.1 Å². The Morgan fingerprint density at radius 3 is 2.88 bits per heavy atom. The molecule has 0 spiro atoms. The van der Waals surface area contributed by atoms with Gasteiger partial charge in [-0.05, 0) is 18.1 Å². The molecule has 0 heterocycles. The van der Waals surface area contributed by atoms with Gasteiger partial charge in [0.05, 0.1) is 0 Å². The van der Waals surface area contributed by atoms with E-state index in [4.69, 9.17) is 4.74 Å². The molecule has 1 aromatic carbocycles. The number of carbonyl (C=O) groups excluding carboxylic acids is 1. The summed E-state index contributed by atoms with van der Waals surface area (Å²) in [5, 5.41) is 3.63. The van der Waals surface area contributed by atoms with E-state index >= 15 is 0 Å². The smallest absolute Gasteiger partial charge is 0.246 e. The third-order valence-electron chi connectivity index (χ3n) is 2.07. The quantitative estimate of drug-likeness (QED) is 0.814. The highest BCUT2D eigenvalue weighted by Crippen LogP contribution is 2.08. The van der Waals surface area contributed by atoms with E-state index in [1.165, 1.54) is 5.56 Å². The summed E-state index contributed by atoms with van der Waals surface area (Å²) in [6, 6.07) is 8.09. The SMILES string of the molecule is CCOCC(=O)NCc1cccc(CBr)c1. The van der Waals surface area contributed by atoms with Crippen molar-refractivity contribution in [3.8, 4) is 0 Å². The summed E-state index contributed by atoms with van der Waals surface area (Å²) >= 11 is 3.40. The molecule has 16 heavy (non-hydrogen) atoms. The average molecular weight is 286 g/mol. The fraction of sp³-hybridized carbons (Fsp3) is 0.417. The second kappa shape index (κ2) is 7.41. The monoisotopic (exact) mass is 285 g/mol. The van der Waals surface area contributed by atoms with Crippen LogP contribution in [0.5, 0.6) is 0 Å². The molecule has 1 rings (SSSR count). The molecule has 4 heteroatoms. The molecule has 0 unspecified atom stereocenters. The maximum atomic E-state index is 11.3. The predicted molar refractivity (Wildman–Crippen MR) is 67.4 cm³/mol. The molecule has 0 aromatic heterocycles. The molecular formula is C12H16BrNO2. The number of nitrogens with one attached hydrogen (secondary N) is 1. The van der Waals surface area contributed by atoms with Crippen molar-refractivity contribution in [2.75, 3.05) is 13.2 Å². The average Bonchev–Trinajstić information content (AvgIpc) is 2.34. The van der Waals surface area contributed by atoms with Gasteiger partial charge in [0, 0.05) is 18.5 Å². The number of amides is 1. The van der Waals surface area contributed by atoms with Crippen LogP contribution in [0.1, 0.15) is 18.1 Å². The van der Waals surface area contributed by atoms with Crippen LogP contribution >= 0.6 is 15.9 Å². The second-order valence-corrected chi connectivity index (χ2v) is 3.93. The fourth-order valence-electron chi connectivity index (χ4n) is 1.27. The number of hydrogen-bond donors (Lipinski definition) is 1. The lowest BCUT2D eigenvalue weighted by Crippen LogP contribution is -2.27. The number of ether oxygens (including phenoxy) is 1. The van der Waals surface area contributed by atoms with Crippen molar-refractivity contribution in [2.24, 2.45) is 0 Å². The number of benzene rings is 1. The first kappa shape index (κ1) is 13.2. The molecule has 1 N–H and O–H groups in total. The lowest BCUT2D eigenvalue weighted by molar-refractivity contribution is -0.125. The summed E-state index contributed by atoms with van der Waals surface area (Å²) in [6.45, 7) is 3.11. The highest BCUT2D eigenvalue weighted by molar-refractivity contribution is 9.08. The van der Waals surface area contributed by atoms with Crippen molar-refractivity contribution >= 4 is 21.8 Å². The fourth-order valence-corrected chi connectivity index (χ4v) is 1.62. The largest absolute Gasteiger partial charge is 0.372 e. The first-order chi connectivity index (χ1) is 7.76. The summed E-state index contributed by atoms with van der Waals surface area (Å²) in [5.74, 6) is -0.0777. The van der Waals surface area contributed by atoms with Crippen molar-refractivity contribution in [3.05, 3.63) is 35.4 Å². The van der Waals surface area contributed by atoms with Crippen LogP contribution in [0.15, 0.2) is 24.3 Å². The van der Waals surface area contributed by atoms with Crippen molar-refractivity contribution in [1.29, 1.82) is 0 Å². The zero-order valence-electron chi connectivity index (χ0n) is 9.33. The van der Waals surface area contributed by atoms with E-state index < -0.39 is 0 Å². The van der Waals surface area contributed by atoms with E-state index in [9.17, 15) is 4.79 Å². The van der Waals surface area contributed by atoms with Crippen LogP contribution in [-0.4, -0.2) is 19.1 Å². The lowest BCUT2D eigenvalue weighted by Gasteiger charge is -2.06. The Hall–Kier alpha value is -0.870. The molecule has 88 valence electrons. The number of alkyl halides is 1. The molecule has 3 nitrogen and oxygen atoms in total. The van der Waals surface area contributed by atoms with E-state index in [0.29, 0.717) is 13.2 Å². The van der Waals surface area contributed by atoms with Crippen LogP contribution in [0.2, 0.25) is 0 Å². The maximum Gasteiger partial charge on any atom is 0.246 e. The molecule has 0 fully saturated rings. The highest BCUT2D eigenvalue weighted by atomic mass is 79.9. The number of halogens is 1. The number of carbonyl (C=O) groups is 1. The summed E-state index contributed by atoms with van der Waals surface area (Å²) in [6.07, 6.45) is 0. The van der Waals surface area contributed by atoms with Gasteiger partial charge in [0.25, 0.3) is 0 Å². The van der Waals surface area contributed by atoms with Crippen molar-refractivity contribution in [3.63, 3.8) is 0 Å². The molecule has 0 bridgehead atoms. The van der Waals surface area contributed by atoms with Gasteiger partial charge in [-0.25, -0.2) is 0 Å². The molecule has 1 amide bonds.